The van der Waals surface area contributed by atoms with E-state index in [9.17, 15) is 4.39 Å². The molecule has 0 fully saturated rings. The van der Waals surface area contributed by atoms with Gasteiger partial charge in [0, 0.05) is 18.0 Å². The maximum atomic E-state index is 13.7. The maximum Gasteiger partial charge on any atom is 0.127 e. The predicted molar refractivity (Wildman–Crippen MR) is 70.1 cm³/mol. The second kappa shape index (κ2) is 7.86. The summed E-state index contributed by atoms with van der Waals surface area (Å²) in [5, 5.41) is 3.38. The van der Waals surface area contributed by atoms with Crippen molar-refractivity contribution in [1.82, 2.24) is 5.32 Å². The molecule has 1 aromatic carbocycles. The SMILES string of the molecule is CC#CCCC(NCCC)c1ccccc1F. The summed E-state index contributed by atoms with van der Waals surface area (Å²) in [4.78, 5) is 0. The fourth-order valence-electron chi connectivity index (χ4n) is 1.79. The summed E-state index contributed by atoms with van der Waals surface area (Å²) in [6, 6.07) is 7.03. The first kappa shape index (κ1) is 13.7. The van der Waals surface area contributed by atoms with Crippen LogP contribution in [0.3, 0.4) is 0 Å². The lowest BCUT2D eigenvalue weighted by atomic mass is 10.0. The molecule has 0 bridgehead atoms. The number of hydrogen-bond acceptors (Lipinski definition) is 1. The fraction of sp³-hybridized carbons (Fsp3) is 0.467. The van der Waals surface area contributed by atoms with E-state index in [4.69, 9.17) is 0 Å². The highest BCUT2D eigenvalue weighted by Gasteiger charge is 2.13. The van der Waals surface area contributed by atoms with Crippen molar-refractivity contribution in [3.8, 4) is 11.8 Å². The molecule has 92 valence electrons. The molecule has 17 heavy (non-hydrogen) atoms. The van der Waals surface area contributed by atoms with Crippen LogP contribution in [0.1, 0.15) is 44.7 Å². The topological polar surface area (TPSA) is 12.0 Å². The minimum atomic E-state index is -0.134. The lowest BCUT2D eigenvalue weighted by Gasteiger charge is -2.18. The molecule has 1 nitrogen and oxygen atoms in total. The maximum absolute atomic E-state index is 13.7. The van der Waals surface area contributed by atoms with Crippen molar-refractivity contribution >= 4 is 0 Å². The van der Waals surface area contributed by atoms with Crippen LogP contribution < -0.4 is 5.32 Å². The van der Waals surface area contributed by atoms with Gasteiger partial charge in [-0.1, -0.05) is 25.1 Å². The highest BCUT2D eigenvalue weighted by Crippen LogP contribution is 2.21. The summed E-state index contributed by atoms with van der Waals surface area (Å²) in [6.45, 7) is 4.84. The zero-order valence-corrected chi connectivity index (χ0v) is 10.6. The predicted octanol–water partition coefficient (Wildman–Crippen LogP) is 3.67. The Morgan fingerprint density at radius 3 is 2.76 bits per heavy atom. The number of nitrogens with one attached hydrogen (secondary N) is 1. The van der Waals surface area contributed by atoms with Crippen LogP contribution in [0.15, 0.2) is 24.3 Å². The minimum Gasteiger partial charge on any atom is -0.310 e. The van der Waals surface area contributed by atoms with Gasteiger partial charge >= 0.3 is 0 Å². The molecule has 1 atom stereocenters. The molecule has 1 N–H and O–H groups in total. The van der Waals surface area contributed by atoms with Gasteiger partial charge in [-0.3, -0.25) is 0 Å². The number of halogens is 1. The average Bonchev–Trinajstić information content (AvgIpc) is 2.35. The van der Waals surface area contributed by atoms with Crippen LogP contribution in [-0.4, -0.2) is 6.54 Å². The Bertz CT molecular complexity index is 389. The van der Waals surface area contributed by atoms with Gasteiger partial charge in [0.1, 0.15) is 5.82 Å². The molecule has 0 heterocycles. The first-order chi connectivity index (χ1) is 8.29. The van der Waals surface area contributed by atoms with Gasteiger partial charge in [-0.15, -0.1) is 11.8 Å². The van der Waals surface area contributed by atoms with Crippen LogP contribution in [0, 0.1) is 17.7 Å². The van der Waals surface area contributed by atoms with Gasteiger partial charge in [0.2, 0.25) is 0 Å². The summed E-state index contributed by atoms with van der Waals surface area (Å²) >= 11 is 0. The van der Waals surface area contributed by atoms with Crippen molar-refractivity contribution in [2.45, 2.75) is 39.2 Å². The van der Waals surface area contributed by atoms with Crippen LogP contribution in [0.4, 0.5) is 4.39 Å². The molecule has 0 aliphatic heterocycles. The molecular weight excluding hydrogens is 213 g/mol. The van der Waals surface area contributed by atoms with E-state index in [-0.39, 0.29) is 11.9 Å². The lowest BCUT2D eigenvalue weighted by molar-refractivity contribution is 0.478. The Labute approximate surface area is 103 Å². The van der Waals surface area contributed by atoms with Crippen molar-refractivity contribution in [1.29, 1.82) is 0 Å². The lowest BCUT2D eigenvalue weighted by Crippen LogP contribution is -2.23. The average molecular weight is 233 g/mol. The van der Waals surface area contributed by atoms with Crippen molar-refractivity contribution in [2.75, 3.05) is 6.54 Å². The Morgan fingerprint density at radius 2 is 2.12 bits per heavy atom. The summed E-state index contributed by atoms with van der Waals surface area (Å²) in [5.74, 6) is 5.77. The van der Waals surface area contributed by atoms with E-state index in [2.05, 4.69) is 24.1 Å². The zero-order valence-electron chi connectivity index (χ0n) is 10.6. The Balaban J connectivity index is 2.73. The van der Waals surface area contributed by atoms with Gasteiger partial charge in [0.15, 0.2) is 0 Å². The quantitative estimate of drug-likeness (QED) is 0.739. The van der Waals surface area contributed by atoms with Gasteiger partial charge in [0.05, 0.1) is 0 Å². The van der Waals surface area contributed by atoms with Crippen LogP contribution in [0.2, 0.25) is 0 Å². The highest BCUT2D eigenvalue weighted by atomic mass is 19.1. The molecule has 0 saturated carbocycles. The highest BCUT2D eigenvalue weighted by molar-refractivity contribution is 5.21. The van der Waals surface area contributed by atoms with E-state index < -0.39 is 0 Å². The summed E-state index contributed by atoms with van der Waals surface area (Å²) < 4.78 is 13.7. The number of benzene rings is 1. The molecule has 1 unspecified atom stereocenters. The fourth-order valence-corrected chi connectivity index (χ4v) is 1.79. The molecule has 0 aliphatic rings. The van der Waals surface area contributed by atoms with E-state index in [0.29, 0.717) is 0 Å². The van der Waals surface area contributed by atoms with Crippen LogP contribution in [-0.2, 0) is 0 Å². The van der Waals surface area contributed by atoms with Gasteiger partial charge in [0.25, 0.3) is 0 Å². The van der Waals surface area contributed by atoms with Crippen molar-refractivity contribution in [2.24, 2.45) is 0 Å². The van der Waals surface area contributed by atoms with Crippen LogP contribution >= 0.6 is 0 Å². The van der Waals surface area contributed by atoms with E-state index in [1.165, 1.54) is 6.07 Å². The van der Waals surface area contributed by atoms with Gasteiger partial charge < -0.3 is 5.32 Å². The molecule has 2 heteroatoms. The molecule has 0 radical (unpaired) electrons. The largest absolute Gasteiger partial charge is 0.310 e. The number of rotatable bonds is 6. The minimum absolute atomic E-state index is 0.0667. The smallest absolute Gasteiger partial charge is 0.127 e. The van der Waals surface area contributed by atoms with Crippen LogP contribution in [0.25, 0.3) is 0 Å². The molecule has 0 spiro atoms. The molecular formula is C15H20FN. The second-order valence-corrected chi connectivity index (χ2v) is 3.99. The second-order valence-electron chi connectivity index (χ2n) is 3.99. The van der Waals surface area contributed by atoms with Gasteiger partial charge in [-0.25, -0.2) is 4.39 Å². The molecule has 1 aromatic rings. The third-order valence-corrected chi connectivity index (χ3v) is 2.66. The van der Waals surface area contributed by atoms with E-state index in [1.807, 2.05) is 19.1 Å². The van der Waals surface area contributed by atoms with E-state index >= 15 is 0 Å². The summed E-state index contributed by atoms with van der Waals surface area (Å²) in [7, 11) is 0. The molecule has 0 aromatic heterocycles. The van der Waals surface area contributed by atoms with Gasteiger partial charge in [-0.05, 0) is 32.4 Å². The first-order valence-corrected chi connectivity index (χ1v) is 6.17. The summed E-state index contributed by atoms with van der Waals surface area (Å²) in [6.07, 6.45) is 2.69. The molecule has 1 rings (SSSR count). The number of hydrogen-bond donors (Lipinski definition) is 1. The molecule has 0 amide bonds. The monoisotopic (exact) mass is 233 g/mol. The van der Waals surface area contributed by atoms with Crippen molar-refractivity contribution in [3.63, 3.8) is 0 Å². The van der Waals surface area contributed by atoms with E-state index in [1.54, 1.807) is 6.07 Å². The standard InChI is InChI=1S/C15H20FN/c1-3-5-6-11-15(17-12-4-2)13-9-7-8-10-14(13)16/h7-10,15,17H,4,6,11-12H2,1-2H3. The molecule has 0 aliphatic carbocycles. The van der Waals surface area contributed by atoms with Gasteiger partial charge in [-0.2, -0.15) is 0 Å². The zero-order chi connectivity index (χ0) is 12.5. The third kappa shape index (κ3) is 4.58. The van der Waals surface area contributed by atoms with Crippen molar-refractivity contribution < 1.29 is 4.39 Å². The Kier molecular flexibility index (Phi) is 6.35. The molecule has 0 saturated heterocycles. The van der Waals surface area contributed by atoms with Crippen molar-refractivity contribution in [3.05, 3.63) is 35.6 Å². The third-order valence-electron chi connectivity index (χ3n) is 2.66. The Hall–Kier alpha value is -1.33. The Morgan fingerprint density at radius 1 is 1.35 bits per heavy atom. The van der Waals surface area contributed by atoms with E-state index in [0.717, 1.165) is 31.4 Å². The normalized spacial score (nSPS) is 11.7. The summed E-state index contributed by atoms with van der Waals surface area (Å²) in [5.41, 5.74) is 0.749. The first-order valence-electron chi connectivity index (χ1n) is 6.17. The van der Waals surface area contributed by atoms with Crippen LogP contribution in [0.5, 0.6) is 0 Å².